The molecular formula is C15H22Br2O2S. The molecule has 1 aromatic heterocycles. The molecule has 2 nitrogen and oxygen atoms in total. The summed E-state index contributed by atoms with van der Waals surface area (Å²) >= 11 is 8.22. The van der Waals surface area contributed by atoms with E-state index in [4.69, 9.17) is 4.74 Å². The Morgan fingerprint density at radius 2 is 1.70 bits per heavy atom. The monoisotopic (exact) mass is 424 g/mol. The van der Waals surface area contributed by atoms with Gasteiger partial charge in [-0.2, -0.15) is 0 Å². The molecule has 0 fully saturated rings. The van der Waals surface area contributed by atoms with Gasteiger partial charge in [-0.3, -0.25) is 0 Å². The minimum absolute atomic E-state index is 0.234. The zero-order valence-electron chi connectivity index (χ0n) is 11.9. The molecule has 0 spiro atoms. The molecule has 0 saturated carbocycles. The molecule has 0 aliphatic heterocycles. The number of hydrogen-bond donors (Lipinski definition) is 0. The molecule has 0 aromatic carbocycles. The molecule has 0 aliphatic carbocycles. The van der Waals surface area contributed by atoms with Crippen molar-refractivity contribution >= 4 is 49.2 Å². The molecule has 1 aromatic rings. The number of thiophene rings is 1. The lowest BCUT2D eigenvalue weighted by Crippen LogP contribution is -2.05. The third kappa shape index (κ3) is 7.23. The third-order valence-corrected chi connectivity index (χ3v) is 5.45. The lowest BCUT2D eigenvalue weighted by atomic mass is 10.1. The van der Waals surface area contributed by atoms with Gasteiger partial charge >= 0.3 is 5.97 Å². The second-order valence-corrected chi connectivity index (χ2v) is 8.60. The molecule has 0 atom stereocenters. The van der Waals surface area contributed by atoms with Crippen LogP contribution in [0.25, 0.3) is 0 Å². The van der Waals surface area contributed by atoms with Crippen LogP contribution in [0.4, 0.5) is 0 Å². The summed E-state index contributed by atoms with van der Waals surface area (Å²) in [4.78, 5) is 11.8. The van der Waals surface area contributed by atoms with Crippen molar-refractivity contribution in [1.29, 1.82) is 0 Å². The number of ether oxygens (including phenoxy) is 1. The Morgan fingerprint density at radius 1 is 1.10 bits per heavy atom. The van der Waals surface area contributed by atoms with E-state index < -0.39 is 0 Å². The van der Waals surface area contributed by atoms with Crippen LogP contribution >= 0.6 is 43.2 Å². The molecule has 0 unspecified atom stereocenters. The van der Waals surface area contributed by atoms with Crippen LogP contribution in [0.15, 0.2) is 13.6 Å². The van der Waals surface area contributed by atoms with E-state index in [0.717, 1.165) is 20.4 Å². The second kappa shape index (κ2) is 10.8. The molecule has 0 radical (unpaired) electrons. The van der Waals surface area contributed by atoms with Gasteiger partial charge in [0.15, 0.2) is 0 Å². The molecule has 0 saturated heterocycles. The Kier molecular flexibility index (Phi) is 9.82. The summed E-state index contributed by atoms with van der Waals surface area (Å²) < 4.78 is 7.04. The predicted octanol–water partition coefficient (Wildman–Crippen LogP) is 6.57. The highest BCUT2D eigenvalue weighted by Gasteiger charge is 2.14. The SMILES string of the molecule is CCCCCCCCCCOC(=O)c1cc(Br)sc1Br. The number of unbranched alkanes of at least 4 members (excludes halogenated alkanes) is 7. The van der Waals surface area contributed by atoms with Crippen LogP contribution < -0.4 is 0 Å². The van der Waals surface area contributed by atoms with Gasteiger partial charge < -0.3 is 4.74 Å². The van der Waals surface area contributed by atoms with Crippen LogP contribution in [0.2, 0.25) is 0 Å². The normalized spacial score (nSPS) is 10.8. The fourth-order valence-corrected chi connectivity index (χ4v) is 4.72. The summed E-state index contributed by atoms with van der Waals surface area (Å²) in [5.74, 6) is -0.234. The number of carbonyl (C=O) groups is 1. The molecule has 114 valence electrons. The van der Waals surface area contributed by atoms with E-state index in [-0.39, 0.29) is 5.97 Å². The lowest BCUT2D eigenvalue weighted by Gasteiger charge is -2.04. The molecular weight excluding hydrogens is 404 g/mol. The molecule has 0 amide bonds. The van der Waals surface area contributed by atoms with Crippen molar-refractivity contribution in [2.75, 3.05) is 6.61 Å². The standard InChI is InChI=1S/C15H22Br2O2S/c1-2-3-4-5-6-7-8-9-10-19-15(18)12-11-13(16)20-14(12)17/h11H,2-10H2,1H3. The molecule has 0 aliphatic rings. The largest absolute Gasteiger partial charge is 0.462 e. The first-order valence-corrected chi connectivity index (χ1v) is 9.67. The average molecular weight is 426 g/mol. The maximum Gasteiger partial charge on any atom is 0.340 e. The fourth-order valence-electron chi connectivity index (χ4n) is 1.96. The smallest absolute Gasteiger partial charge is 0.340 e. The minimum atomic E-state index is -0.234. The summed E-state index contributed by atoms with van der Waals surface area (Å²) in [5, 5.41) is 0. The summed E-state index contributed by atoms with van der Waals surface area (Å²) in [6, 6.07) is 1.80. The summed E-state index contributed by atoms with van der Waals surface area (Å²) in [7, 11) is 0. The van der Waals surface area contributed by atoms with Gasteiger partial charge in [-0.05, 0) is 44.3 Å². The summed E-state index contributed by atoms with van der Waals surface area (Å²) in [6.45, 7) is 2.76. The van der Waals surface area contributed by atoms with E-state index in [9.17, 15) is 4.79 Å². The Balaban J connectivity index is 2.04. The minimum Gasteiger partial charge on any atom is -0.462 e. The maximum atomic E-state index is 11.8. The van der Waals surface area contributed by atoms with Crippen molar-refractivity contribution in [2.45, 2.75) is 58.3 Å². The highest BCUT2D eigenvalue weighted by Crippen LogP contribution is 2.32. The quantitative estimate of drug-likeness (QED) is 0.313. The van der Waals surface area contributed by atoms with Gasteiger partial charge in [-0.25, -0.2) is 4.79 Å². The molecule has 0 N–H and O–H groups in total. The zero-order chi connectivity index (χ0) is 14.8. The highest BCUT2D eigenvalue weighted by atomic mass is 79.9. The Hall–Kier alpha value is 0.130. The lowest BCUT2D eigenvalue weighted by molar-refractivity contribution is 0.0497. The number of hydrogen-bond acceptors (Lipinski definition) is 3. The number of carbonyl (C=O) groups excluding carboxylic acids is 1. The van der Waals surface area contributed by atoms with Gasteiger partial charge in [0.05, 0.1) is 19.7 Å². The van der Waals surface area contributed by atoms with Gasteiger partial charge in [0, 0.05) is 0 Å². The van der Waals surface area contributed by atoms with E-state index in [1.165, 1.54) is 49.9 Å². The van der Waals surface area contributed by atoms with Gasteiger partial charge in [0.25, 0.3) is 0 Å². The number of halogens is 2. The molecule has 0 bridgehead atoms. The predicted molar refractivity (Wildman–Crippen MR) is 92.6 cm³/mol. The zero-order valence-corrected chi connectivity index (χ0v) is 15.9. The van der Waals surface area contributed by atoms with Gasteiger partial charge in [0.1, 0.15) is 0 Å². The summed E-state index contributed by atoms with van der Waals surface area (Å²) in [5.41, 5.74) is 0.612. The van der Waals surface area contributed by atoms with Crippen LogP contribution in [0.5, 0.6) is 0 Å². The van der Waals surface area contributed by atoms with E-state index in [1.807, 2.05) is 0 Å². The molecule has 1 rings (SSSR count). The Morgan fingerprint density at radius 3 is 2.25 bits per heavy atom. The van der Waals surface area contributed by atoms with Crippen LogP contribution in [-0.4, -0.2) is 12.6 Å². The first-order valence-electron chi connectivity index (χ1n) is 7.27. The molecule has 5 heteroatoms. The third-order valence-electron chi connectivity index (χ3n) is 3.11. The van der Waals surface area contributed by atoms with E-state index in [1.54, 1.807) is 6.07 Å². The van der Waals surface area contributed by atoms with Crippen molar-refractivity contribution in [3.8, 4) is 0 Å². The highest BCUT2D eigenvalue weighted by molar-refractivity contribution is 9.12. The van der Waals surface area contributed by atoms with Crippen molar-refractivity contribution in [3.63, 3.8) is 0 Å². The molecule has 1 heterocycles. The van der Waals surface area contributed by atoms with Gasteiger partial charge in [0.2, 0.25) is 0 Å². The topological polar surface area (TPSA) is 26.3 Å². The van der Waals surface area contributed by atoms with E-state index in [2.05, 4.69) is 38.8 Å². The Labute approximate surface area is 142 Å². The second-order valence-electron chi connectivity index (χ2n) is 4.85. The Bertz CT molecular complexity index is 405. The van der Waals surface area contributed by atoms with Crippen LogP contribution in [-0.2, 0) is 4.74 Å². The van der Waals surface area contributed by atoms with Gasteiger partial charge in [-0.15, -0.1) is 11.3 Å². The maximum absolute atomic E-state index is 11.8. The molecule has 20 heavy (non-hydrogen) atoms. The average Bonchev–Trinajstić information content (AvgIpc) is 2.75. The van der Waals surface area contributed by atoms with Crippen molar-refractivity contribution in [2.24, 2.45) is 0 Å². The number of esters is 1. The van der Waals surface area contributed by atoms with Crippen molar-refractivity contribution in [1.82, 2.24) is 0 Å². The first kappa shape index (κ1) is 18.2. The van der Waals surface area contributed by atoms with Crippen molar-refractivity contribution < 1.29 is 9.53 Å². The first-order chi connectivity index (χ1) is 9.65. The summed E-state index contributed by atoms with van der Waals surface area (Å²) in [6.07, 6.45) is 9.99. The van der Waals surface area contributed by atoms with Crippen molar-refractivity contribution in [3.05, 3.63) is 19.2 Å². The van der Waals surface area contributed by atoms with E-state index in [0.29, 0.717) is 12.2 Å². The fraction of sp³-hybridized carbons (Fsp3) is 0.667. The van der Waals surface area contributed by atoms with Gasteiger partial charge in [-0.1, -0.05) is 51.9 Å². The van der Waals surface area contributed by atoms with E-state index >= 15 is 0 Å². The number of rotatable bonds is 10. The van der Waals surface area contributed by atoms with Crippen LogP contribution in [0.3, 0.4) is 0 Å². The van der Waals surface area contributed by atoms with Crippen LogP contribution in [0.1, 0.15) is 68.6 Å². The van der Waals surface area contributed by atoms with Crippen LogP contribution in [0, 0.1) is 0 Å².